The molecule has 0 aliphatic rings. The van der Waals surface area contributed by atoms with Gasteiger partial charge in [0.2, 0.25) is 0 Å². The molecule has 2 heteroatoms. The molecular weight excluding hydrogens is 246 g/mol. The number of benzene rings is 1. The van der Waals surface area contributed by atoms with Crippen molar-refractivity contribution in [3.05, 3.63) is 34.6 Å². The fraction of sp³-hybridized carbons (Fsp3) is 0.556. The quantitative estimate of drug-likeness (QED) is 0.768. The molecule has 0 aliphatic heterocycles. The summed E-state index contributed by atoms with van der Waals surface area (Å²) in [5, 5.41) is 4.80. The Balaban J connectivity index is 2.46. The second-order valence-corrected chi connectivity index (χ2v) is 6.23. The number of fused-ring (bicyclic) bond motifs is 1. The molecule has 20 heavy (non-hydrogen) atoms. The molecule has 1 aromatic carbocycles. The SMILES string of the molecule is CCCNCc1oc2cc(C)cc(C)c2c1CC(C)C. The molecule has 1 N–H and O–H groups in total. The van der Waals surface area contributed by atoms with E-state index in [2.05, 4.69) is 52.1 Å². The summed E-state index contributed by atoms with van der Waals surface area (Å²) in [5.74, 6) is 1.76. The molecule has 1 heterocycles. The minimum atomic E-state index is 0.640. The zero-order valence-electron chi connectivity index (χ0n) is 13.5. The maximum atomic E-state index is 6.15. The summed E-state index contributed by atoms with van der Waals surface area (Å²) in [4.78, 5) is 0. The highest BCUT2D eigenvalue weighted by Gasteiger charge is 2.17. The lowest BCUT2D eigenvalue weighted by atomic mass is 9.96. The summed E-state index contributed by atoms with van der Waals surface area (Å²) in [6, 6.07) is 4.42. The monoisotopic (exact) mass is 273 g/mol. The molecule has 110 valence electrons. The largest absolute Gasteiger partial charge is 0.459 e. The van der Waals surface area contributed by atoms with Crippen LogP contribution in [-0.4, -0.2) is 6.54 Å². The first-order valence-corrected chi connectivity index (χ1v) is 7.75. The van der Waals surface area contributed by atoms with Gasteiger partial charge in [-0.05, 0) is 56.3 Å². The predicted molar refractivity (Wildman–Crippen MR) is 86.2 cm³/mol. The Labute approximate surface area is 122 Å². The Bertz CT molecular complexity index is 581. The van der Waals surface area contributed by atoms with Gasteiger partial charge in [-0.1, -0.05) is 26.8 Å². The molecule has 0 bridgehead atoms. The van der Waals surface area contributed by atoms with Gasteiger partial charge in [0.05, 0.1) is 6.54 Å². The zero-order chi connectivity index (χ0) is 14.7. The van der Waals surface area contributed by atoms with E-state index < -0.39 is 0 Å². The normalized spacial score (nSPS) is 11.7. The Morgan fingerprint density at radius 3 is 2.60 bits per heavy atom. The molecule has 0 unspecified atom stereocenters. The molecule has 1 aromatic heterocycles. The van der Waals surface area contributed by atoms with Crippen molar-refractivity contribution < 1.29 is 4.42 Å². The second-order valence-electron chi connectivity index (χ2n) is 6.23. The van der Waals surface area contributed by atoms with Gasteiger partial charge in [-0.25, -0.2) is 0 Å². The molecule has 0 atom stereocenters. The molecule has 0 fully saturated rings. The average molecular weight is 273 g/mol. The van der Waals surface area contributed by atoms with Crippen molar-refractivity contribution in [1.29, 1.82) is 0 Å². The number of hydrogen-bond acceptors (Lipinski definition) is 2. The highest BCUT2D eigenvalue weighted by atomic mass is 16.3. The fourth-order valence-electron chi connectivity index (χ4n) is 2.88. The topological polar surface area (TPSA) is 25.2 Å². The number of furan rings is 1. The summed E-state index contributed by atoms with van der Waals surface area (Å²) in [6.45, 7) is 12.9. The predicted octanol–water partition coefficient (Wildman–Crippen LogP) is 4.75. The van der Waals surface area contributed by atoms with Crippen LogP contribution >= 0.6 is 0 Å². The van der Waals surface area contributed by atoms with Crippen LogP contribution in [0.1, 0.15) is 49.6 Å². The van der Waals surface area contributed by atoms with Crippen LogP contribution in [0.5, 0.6) is 0 Å². The van der Waals surface area contributed by atoms with Crippen LogP contribution in [0.2, 0.25) is 0 Å². The molecule has 2 rings (SSSR count). The van der Waals surface area contributed by atoms with Gasteiger partial charge in [-0.15, -0.1) is 0 Å². The minimum absolute atomic E-state index is 0.640. The van der Waals surface area contributed by atoms with E-state index in [4.69, 9.17) is 4.42 Å². The summed E-state index contributed by atoms with van der Waals surface area (Å²) in [7, 11) is 0. The van der Waals surface area contributed by atoms with E-state index in [-0.39, 0.29) is 0 Å². The Morgan fingerprint density at radius 2 is 1.95 bits per heavy atom. The molecule has 0 aliphatic carbocycles. The molecular formula is C18H27NO. The van der Waals surface area contributed by atoms with Crippen molar-refractivity contribution in [2.45, 2.75) is 54.0 Å². The van der Waals surface area contributed by atoms with Crippen molar-refractivity contribution in [2.24, 2.45) is 5.92 Å². The van der Waals surface area contributed by atoms with Crippen LogP contribution in [0.3, 0.4) is 0 Å². The van der Waals surface area contributed by atoms with Gasteiger partial charge in [0.1, 0.15) is 11.3 Å². The fourth-order valence-corrected chi connectivity index (χ4v) is 2.88. The van der Waals surface area contributed by atoms with Crippen LogP contribution < -0.4 is 5.32 Å². The van der Waals surface area contributed by atoms with E-state index in [9.17, 15) is 0 Å². The molecule has 0 saturated carbocycles. The standard InChI is InChI=1S/C18H27NO/c1-6-7-19-11-17-15(8-12(2)3)18-14(5)9-13(4)10-16(18)20-17/h9-10,12,19H,6-8,11H2,1-5H3. The van der Waals surface area contributed by atoms with Crippen molar-refractivity contribution in [1.82, 2.24) is 5.32 Å². The van der Waals surface area contributed by atoms with Crippen molar-refractivity contribution >= 4 is 11.0 Å². The Kier molecular flexibility index (Phi) is 4.87. The molecule has 2 aromatic rings. The van der Waals surface area contributed by atoms with Crippen LogP contribution in [0.15, 0.2) is 16.5 Å². The third-order valence-electron chi connectivity index (χ3n) is 3.64. The van der Waals surface area contributed by atoms with E-state index in [0.29, 0.717) is 5.92 Å². The molecule has 2 nitrogen and oxygen atoms in total. The zero-order valence-corrected chi connectivity index (χ0v) is 13.5. The number of rotatable bonds is 6. The van der Waals surface area contributed by atoms with E-state index in [1.54, 1.807) is 0 Å². The van der Waals surface area contributed by atoms with Crippen LogP contribution in [0.4, 0.5) is 0 Å². The highest BCUT2D eigenvalue weighted by molar-refractivity contribution is 5.86. The summed E-state index contributed by atoms with van der Waals surface area (Å²) in [6.07, 6.45) is 2.23. The third kappa shape index (κ3) is 3.24. The lowest BCUT2D eigenvalue weighted by Gasteiger charge is -2.08. The lowest BCUT2D eigenvalue weighted by molar-refractivity contribution is 0.501. The Hall–Kier alpha value is -1.28. The third-order valence-corrected chi connectivity index (χ3v) is 3.64. The molecule has 0 amide bonds. The lowest BCUT2D eigenvalue weighted by Crippen LogP contribution is -2.14. The maximum Gasteiger partial charge on any atom is 0.135 e. The number of aryl methyl sites for hydroxylation is 2. The van der Waals surface area contributed by atoms with E-state index in [1.165, 1.54) is 22.1 Å². The molecule has 0 saturated heterocycles. The number of hydrogen-bond donors (Lipinski definition) is 1. The van der Waals surface area contributed by atoms with Gasteiger partial charge in [-0.2, -0.15) is 0 Å². The van der Waals surface area contributed by atoms with Gasteiger partial charge >= 0.3 is 0 Å². The van der Waals surface area contributed by atoms with E-state index in [1.807, 2.05) is 0 Å². The number of nitrogens with one attached hydrogen (secondary N) is 1. The first-order chi connectivity index (χ1) is 9.52. The van der Waals surface area contributed by atoms with Crippen LogP contribution in [-0.2, 0) is 13.0 Å². The van der Waals surface area contributed by atoms with Gasteiger partial charge in [0.25, 0.3) is 0 Å². The van der Waals surface area contributed by atoms with E-state index >= 15 is 0 Å². The summed E-state index contributed by atoms with van der Waals surface area (Å²) < 4.78 is 6.15. The first kappa shape index (κ1) is 15.1. The van der Waals surface area contributed by atoms with Crippen molar-refractivity contribution in [2.75, 3.05) is 6.54 Å². The van der Waals surface area contributed by atoms with Gasteiger partial charge in [0.15, 0.2) is 0 Å². The summed E-state index contributed by atoms with van der Waals surface area (Å²) >= 11 is 0. The van der Waals surface area contributed by atoms with Crippen LogP contribution in [0.25, 0.3) is 11.0 Å². The van der Waals surface area contributed by atoms with Gasteiger partial charge in [-0.3, -0.25) is 0 Å². The average Bonchev–Trinajstić information content (AvgIpc) is 2.67. The van der Waals surface area contributed by atoms with E-state index in [0.717, 1.165) is 37.3 Å². The van der Waals surface area contributed by atoms with Crippen LogP contribution in [0, 0.1) is 19.8 Å². The first-order valence-electron chi connectivity index (χ1n) is 7.75. The van der Waals surface area contributed by atoms with Gasteiger partial charge in [0, 0.05) is 10.9 Å². The smallest absolute Gasteiger partial charge is 0.135 e. The minimum Gasteiger partial charge on any atom is -0.459 e. The summed E-state index contributed by atoms with van der Waals surface area (Å²) in [5.41, 5.74) is 5.05. The maximum absolute atomic E-state index is 6.15. The van der Waals surface area contributed by atoms with Crippen molar-refractivity contribution in [3.63, 3.8) is 0 Å². The Morgan fingerprint density at radius 1 is 1.20 bits per heavy atom. The highest BCUT2D eigenvalue weighted by Crippen LogP contribution is 2.31. The molecule has 0 radical (unpaired) electrons. The van der Waals surface area contributed by atoms with Crippen molar-refractivity contribution in [3.8, 4) is 0 Å². The van der Waals surface area contributed by atoms with Gasteiger partial charge < -0.3 is 9.73 Å². The molecule has 0 spiro atoms. The second kappa shape index (κ2) is 6.45.